The van der Waals surface area contributed by atoms with Crippen molar-refractivity contribution in [1.29, 1.82) is 0 Å². The van der Waals surface area contributed by atoms with Gasteiger partial charge in [-0.15, -0.1) is 11.3 Å². The van der Waals surface area contributed by atoms with Crippen LogP contribution in [-0.2, 0) is 0 Å². The molecule has 0 aliphatic heterocycles. The molecule has 1 atom stereocenters. The number of nitrogens with zero attached hydrogens (tertiary/aromatic N) is 1. The fourth-order valence-electron chi connectivity index (χ4n) is 2.20. The molecule has 0 aliphatic carbocycles. The van der Waals surface area contributed by atoms with Crippen molar-refractivity contribution in [3.05, 3.63) is 39.8 Å². The molecule has 0 radical (unpaired) electrons. The molecule has 1 N–H and O–H groups in total. The molecule has 0 fully saturated rings. The monoisotopic (exact) mass is 304 g/mol. The number of thiazole rings is 1. The van der Waals surface area contributed by atoms with E-state index in [1.54, 1.807) is 11.3 Å². The summed E-state index contributed by atoms with van der Waals surface area (Å²) < 4.78 is 5.77. The van der Waals surface area contributed by atoms with E-state index in [4.69, 9.17) is 4.74 Å². The molecule has 0 aliphatic rings. The van der Waals surface area contributed by atoms with Gasteiger partial charge in [-0.2, -0.15) is 0 Å². The Morgan fingerprint density at radius 3 is 2.62 bits per heavy atom. The molecule has 0 amide bonds. The molecule has 2 aromatic rings. The van der Waals surface area contributed by atoms with Gasteiger partial charge in [0.25, 0.3) is 0 Å². The van der Waals surface area contributed by atoms with E-state index < -0.39 is 0 Å². The van der Waals surface area contributed by atoms with Crippen LogP contribution in [0.2, 0.25) is 0 Å². The number of aryl methyl sites for hydroxylation is 2. The third-order valence-electron chi connectivity index (χ3n) is 3.15. The Morgan fingerprint density at radius 2 is 2.00 bits per heavy atom. The van der Waals surface area contributed by atoms with Crippen LogP contribution in [0.15, 0.2) is 24.3 Å². The fraction of sp³-hybridized carbons (Fsp3) is 0.471. The molecule has 1 heterocycles. The Balaban J connectivity index is 2.05. The van der Waals surface area contributed by atoms with Gasteiger partial charge < -0.3 is 10.1 Å². The van der Waals surface area contributed by atoms with Crippen LogP contribution in [0.1, 0.15) is 42.4 Å². The molecule has 114 valence electrons. The summed E-state index contributed by atoms with van der Waals surface area (Å²) in [6, 6.07) is 8.32. The van der Waals surface area contributed by atoms with E-state index in [0.717, 1.165) is 28.7 Å². The van der Waals surface area contributed by atoms with Crippen molar-refractivity contribution >= 4 is 17.0 Å². The van der Waals surface area contributed by atoms with Crippen LogP contribution in [-0.4, -0.2) is 11.6 Å². The van der Waals surface area contributed by atoms with Crippen LogP contribution in [0, 0.1) is 19.8 Å². The van der Waals surface area contributed by atoms with E-state index in [1.807, 2.05) is 25.1 Å². The first-order valence-corrected chi connectivity index (χ1v) is 8.20. The van der Waals surface area contributed by atoms with E-state index in [-0.39, 0.29) is 6.04 Å². The third kappa shape index (κ3) is 4.46. The molecule has 2 rings (SSSR count). The zero-order valence-electron chi connectivity index (χ0n) is 13.4. The number of nitrogens with one attached hydrogen (secondary N) is 1. The van der Waals surface area contributed by atoms with E-state index in [0.29, 0.717) is 5.92 Å². The summed E-state index contributed by atoms with van der Waals surface area (Å²) in [6.45, 7) is 11.4. The van der Waals surface area contributed by atoms with Crippen LogP contribution < -0.4 is 10.1 Å². The lowest BCUT2D eigenvalue weighted by atomic mass is 10.2. The van der Waals surface area contributed by atoms with Gasteiger partial charge in [0.15, 0.2) is 0 Å². The van der Waals surface area contributed by atoms with Crippen LogP contribution in [0.25, 0.3) is 0 Å². The van der Waals surface area contributed by atoms with E-state index >= 15 is 0 Å². The maximum Gasteiger partial charge on any atom is 0.121 e. The first kappa shape index (κ1) is 15.8. The fourth-order valence-corrected chi connectivity index (χ4v) is 3.12. The largest absolute Gasteiger partial charge is 0.493 e. The van der Waals surface area contributed by atoms with Crippen molar-refractivity contribution in [3.8, 4) is 5.75 Å². The maximum absolute atomic E-state index is 5.77. The normalized spacial score (nSPS) is 12.5. The van der Waals surface area contributed by atoms with Gasteiger partial charge in [-0.1, -0.05) is 19.9 Å². The van der Waals surface area contributed by atoms with E-state index in [2.05, 4.69) is 44.1 Å². The predicted molar refractivity (Wildman–Crippen MR) is 90.4 cm³/mol. The van der Waals surface area contributed by atoms with Crippen molar-refractivity contribution in [2.75, 3.05) is 11.9 Å². The van der Waals surface area contributed by atoms with Gasteiger partial charge in [-0.05, 0) is 38.8 Å². The summed E-state index contributed by atoms with van der Waals surface area (Å²) in [7, 11) is 0. The number of hydrogen-bond donors (Lipinski definition) is 1. The standard InChI is InChI=1S/C17H24N2OS/c1-11(2)10-20-16-8-6-7-15(9-16)18-12(3)17-13(4)21-14(5)19-17/h6-9,11-12,18H,10H2,1-5H3. The van der Waals surface area contributed by atoms with Gasteiger partial charge in [0, 0.05) is 16.6 Å². The van der Waals surface area contributed by atoms with Crippen LogP contribution in [0.3, 0.4) is 0 Å². The van der Waals surface area contributed by atoms with Gasteiger partial charge in [-0.25, -0.2) is 4.98 Å². The Bertz CT molecular complexity index is 592. The minimum Gasteiger partial charge on any atom is -0.493 e. The highest BCUT2D eigenvalue weighted by Crippen LogP contribution is 2.27. The minimum atomic E-state index is 0.190. The minimum absolute atomic E-state index is 0.190. The quantitative estimate of drug-likeness (QED) is 0.818. The first-order chi connectivity index (χ1) is 9.95. The second-order valence-electron chi connectivity index (χ2n) is 5.77. The van der Waals surface area contributed by atoms with Gasteiger partial charge in [0.05, 0.1) is 23.4 Å². The van der Waals surface area contributed by atoms with Crippen molar-refractivity contribution < 1.29 is 4.74 Å². The lowest BCUT2D eigenvalue weighted by Crippen LogP contribution is -2.09. The molecule has 0 bridgehead atoms. The summed E-state index contributed by atoms with van der Waals surface area (Å²) in [5.41, 5.74) is 2.19. The maximum atomic E-state index is 5.77. The second kappa shape index (κ2) is 6.94. The van der Waals surface area contributed by atoms with Gasteiger partial charge in [0.2, 0.25) is 0 Å². The zero-order valence-corrected chi connectivity index (χ0v) is 14.3. The molecular formula is C17H24N2OS. The molecular weight excluding hydrogens is 280 g/mol. The molecule has 1 unspecified atom stereocenters. The Labute approximate surface area is 131 Å². The van der Waals surface area contributed by atoms with Crippen molar-refractivity contribution in [1.82, 2.24) is 4.98 Å². The molecule has 1 aromatic carbocycles. The molecule has 3 nitrogen and oxygen atoms in total. The summed E-state index contributed by atoms with van der Waals surface area (Å²) in [5, 5.41) is 4.62. The number of ether oxygens (including phenoxy) is 1. The summed E-state index contributed by atoms with van der Waals surface area (Å²) in [5.74, 6) is 1.44. The van der Waals surface area contributed by atoms with Crippen LogP contribution >= 0.6 is 11.3 Å². The smallest absolute Gasteiger partial charge is 0.121 e. The lowest BCUT2D eigenvalue weighted by molar-refractivity contribution is 0.271. The highest BCUT2D eigenvalue weighted by Gasteiger charge is 2.13. The first-order valence-electron chi connectivity index (χ1n) is 7.39. The van der Waals surface area contributed by atoms with Crippen molar-refractivity contribution in [3.63, 3.8) is 0 Å². The van der Waals surface area contributed by atoms with Crippen LogP contribution in [0.5, 0.6) is 5.75 Å². The van der Waals surface area contributed by atoms with Crippen LogP contribution in [0.4, 0.5) is 5.69 Å². The number of aromatic nitrogens is 1. The summed E-state index contributed by atoms with van der Waals surface area (Å²) >= 11 is 1.75. The number of rotatable bonds is 6. The average Bonchev–Trinajstić information content (AvgIpc) is 2.76. The number of benzene rings is 1. The molecule has 0 spiro atoms. The molecule has 21 heavy (non-hydrogen) atoms. The third-order valence-corrected chi connectivity index (χ3v) is 4.05. The summed E-state index contributed by atoms with van der Waals surface area (Å²) in [4.78, 5) is 5.89. The Hall–Kier alpha value is -1.55. The number of anilines is 1. The lowest BCUT2D eigenvalue weighted by Gasteiger charge is -2.16. The SMILES string of the molecule is Cc1nc(C(C)Nc2cccc(OCC(C)C)c2)c(C)s1. The van der Waals surface area contributed by atoms with Gasteiger partial charge in [0.1, 0.15) is 5.75 Å². The Kier molecular flexibility index (Phi) is 5.23. The zero-order chi connectivity index (χ0) is 15.4. The molecule has 4 heteroatoms. The molecule has 1 aromatic heterocycles. The van der Waals surface area contributed by atoms with Gasteiger partial charge in [-0.3, -0.25) is 0 Å². The molecule has 0 saturated heterocycles. The average molecular weight is 304 g/mol. The number of hydrogen-bond acceptors (Lipinski definition) is 4. The topological polar surface area (TPSA) is 34.2 Å². The second-order valence-corrected chi connectivity index (χ2v) is 7.18. The predicted octanol–water partition coefficient (Wildman–Crippen LogP) is 4.97. The highest BCUT2D eigenvalue weighted by molar-refractivity contribution is 7.11. The van der Waals surface area contributed by atoms with Crippen molar-refractivity contribution in [2.24, 2.45) is 5.92 Å². The van der Waals surface area contributed by atoms with E-state index in [1.165, 1.54) is 4.88 Å². The van der Waals surface area contributed by atoms with Gasteiger partial charge >= 0.3 is 0 Å². The summed E-state index contributed by atoms with van der Waals surface area (Å²) in [6.07, 6.45) is 0. The van der Waals surface area contributed by atoms with E-state index in [9.17, 15) is 0 Å². The highest BCUT2D eigenvalue weighted by atomic mass is 32.1. The Morgan fingerprint density at radius 1 is 1.24 bits per heavy atom. The molecule has 0 saturated carbocycles. The van der Waals surface area contributed by atoms with Crippen molar-refractivity contribution in [2.45, 2.75) is 40.7 Å².